The Labute approximate surface area is 150 Å². The summed E-state index contributed by atoms with van der Waals surface area (Å²) in [6.07, 6.45) is -4.25. The maximum Gasteiger partial charge on any atom is 0.471 e. The van der Waals surface area contributed by atoms with Crippen LogP contribution >= 0.6 is 0 Å². The minimum atomic E-state index is -4.69. The van der Waals surface area contributed by atoms with Gasteiger partial charge >= 0.3 is 12.1 Å². The predicted molar refractivity (Wildman–Crippen MR) is 85.3 cm³/mol. The maximum atomic E-state index is 12.7. The van der Waals surface area contributed by atoms with Gasteiger partial charge in [0.1, 0.15) is 0 Å². The minimum Gasteiger partial charge on any atom is -0.493 e. The predicted octanol–water partition coefficient (Wildman–Crippen LogP) is 3.47. The number of nitrogens with zero attached hydrogens (tertiary/aromatic N) is 3. The summed E-state index contributed by atoms with van der Waals surface area (Å²) in [6, 6.07) is 6.91. The molecule has 1 aliphatic rings. The summed E-state index contributed by atoms with van der Waals surface area (Å²) in [6.45, 7) is 0.539. The van der Waals surface area contributed by atoms with Crippen molar-refractivity contribution in [1.29, 1.82) is 0 Å². The van der Waals surface area contributed by atoms with Gasteiger partial charge in [-0.2, -0.15) is 18.2 Å². The van der Waals surface area contributed by atoms with Crippen LogP contribution in [0.15, 0.2) is 33.2 Å². The second-order valence-corrected chi connectivity index (χ2v) is 6.18. The third-order valence-corrected chi connectivity index (χ3v) is 4.46. The third kappa shape index (κ3) is 3.11. The van der Waals surface area contributed by atoms with Crippen molar-refractivity contribution in [3.8, 4) is 5.75 Å². The highest BCUT2D eigenvalue weighted by molar-refractivity contribution is 5.97. The highest BCUT2D eigenvalue weighted by Crippen LogP contribution is 2.33. The van der Waals surface area contributed by atoms with Gasteiger partial charge in [-0.3, -0.25) is 4.79 Å². The van der Waals surface area contributed by atoms with Gasteiger partial charge in [-0.1, -0.05) is 17.3 Å². The normalized spacial score (nSPS) is 17.6. The minimum absolute atomic E-state index is 0.0519. The second-order valence-electron chi connectivity index (χ2n) is 6.18. The number of hydrogen-bond donors (Lipinski definition) is 0. The zero-order chi connectivity index (χ0) is 19.2. The monoisotopic (exact) mass is 381 g/mol. The van der Waals surface area contributed by atoms with Gasteiger partial charge in [0.15, 0.2) is 22.9 Å². The molecule has 4 rings (SSSR count). The van der Waals surface area contributed by atoms with E-state index in [1.165, 1.54) is 12.0 Å². The number of furan rings is 1. The van der Waals surface area contributed by atoms with Crippen LogP contribution in [0.2, 0.25) is 0 Å². The van der Waals surface area contributed by atoms with Gasteiger partial charge in [0.2, 0.25) is 0 Å². The number of ether oxygens (including phenoxy) is 1. The summed E-state index contributed by atoms with van der Waals surface area (Å²) in [4.78, 5) is 17.6. The van der Waals surface area contributed by atoms with Crippen molar-refractivity contribution in [1.82, 2.24) is 15.0 Å². The number of para-hydroxylation sites is 1. The first kappa shape index (κ1) is 17.4. The molecule has 0 saturated carbocycles. The number of aromatic nitrogens is 2. The number of amides is 1. The number of benzene rings is 1. The quantitative estimate of drug-likeness (QED) is 0.691. The Kier molecular flexibility index (Phi) is 4.05. The van der Waals surface area contributed by atoms with E-state index in [1.807, 2.05) is 0 Å². The Morgan fingerprint density at radius 3 is 2.89 bits per heavy atom. The molecule has 2 aromatic heterocycles. The van der Waals surface area contributed by atoms with Crippen LogP contribution in [0.3, 0.4) is 0 Å². The lowest BCUT2D eigenvalue weighted by Gasteiger charge is -2.13. The molecule has 0 aliphatic carbocycles. The molecule has 1 aliphatic heterocycles. The second kappa shape index (κ2) is 6.29. The van der Waals surface area contributed by atoms with E-state index in [1.54, 1.807) is 24.3 Å². The van der Waals surface area contributed by atoms with E-state index in [0.717, 1.165) is 5.39 Å². The average Bonchev–Trinajstić information content (AvgIpc) is 3.37. The summed E-state index contributed by atoms with van der Waals surface area (Å²) in [5.74, 6) is -1.56. The van der Waals surface area contributed by atoms with E-state index >= 15 is 0 Å². The summed E-state index contributed by atoms with van der Waals surface area (Å²) >= 11 is 0. The van der Waals surface area contributed by atoms with Gasteiger partial charge in [0, 0.05) is 24.4 Å². The number of carbonyl (C=O) groups excluding carboxylic acids is 1. The summed E-state index contributed by atoms with van der Waals surface area (Å²) in [5, 5.41) is 4.13. The standard InChI is InChI=1S/C17H14F3N3O4/c1-25-11-4-2-3-9-7-12(26-13(9)11)15(24)23-6-5-10(8-23)14-21-16(27-22-14)17(18,19)20/h2-4,7,10H,5-6,8H2,1H3/t10-/m0/s1. The average molecular weight is 381 g/mol. The lowest BCUT2D eigenvalue weighted by atomic mass is 10.1. The fourth-order valence-corrected chi connectivity index (χ4v) is 3.13. The first-order valence-corrected chi connectivity index (χ1v) is 8.13. The van der Waals surface area contributed by atoms with Gasteiger partial charge in [0.05, 0.1) is 7.11 Å². The maximum absolute atomic E-state index is 12.7. The number of fused-ring (bicyclic) bond motifs is 1. The van der Waals surface area contributed by atoms with Crippen molar-refractivity contribution >= 4 is 16.9 Å². The van der Waals surface area contributed by atoms with Crippen LogP contribution in [0.25, 0.3) is 11.0 Å². The molecule has 1 amide bonds. The van der Waals surface area contributed by atoms with E-state index in [-0.39, 0.29) is 24.0 Å². The molecular weight excluding hydrogens is 367 g/mol. The zero-order valence-electron chi connectivity index (χ0n) is 14.1. The van der Waals surface area contributed by atoms with Crippen LogP contribution in [0.4, 0.5) is 13.2 Å². The molecule has 1 fully saturated rings. The van der Waals surface area contributed by atoms with Crippen molar-refractivity contribution in [2.75, 3.05) is 20.2 Å². The Morgan fingerprint density at radius 2 is 2.19 bits per heavy atom. The molecule has 0 bridgehead atoms. The van der Waals surface area contributed by atoms with Crippen molar-refractivity contribution in [2.45, 2.75) is 18.5 Å². The molecular formula is C17H14F3N3O4. The van der Waals surface area contributed by atoms with Gasteiger partial charge < -0.3 is 18.6 Å². The number of likely N-dealkylation sites (tertiary alicyclic amines) is 1. The Balaban J connectivity index is 1.52. The Hall–Kier alpha value is -3.04. The number of alkyl halides is 3. The van der Waals surface area contributed by atoms with Crippen LogP contribution in [0.5, 0.6) is 5.75 Å². The van der Waals surface area contributed by atoms with Crippen LogP contribution < -0.4 is 4.74 Å². The fourth-order valence-electron chi connectivity index (χ4n) is 3.13. The van der Waals surface area contributed by atoms with E-state index in [4.69, 9.17) is 9.15 Å². The van der Waals surface area contributed by atoms with Gasteiger partial charge in [0.25, 0.3) is 5.91 Å². The van der Waals surface area contributed by atoms with Crippen LogP contribution in [0.1, 0.15) is 34.6 Å². The molecule has 1 atom stereocenters. The molecule has 3 heterocycles. The van der Waals surface area contributed by atoms with E-state index in [0.29, 0.717) is 24.3 Å². The largest absolute Gasteiger partial charge is 0.493 e. The van der Waals surface area contributed by atoms with Crippen molar-refractivity contribution in [3.05, 3.63) is 41.7 Å². The van der Waals surface area contributed by atoms with Gasteiger partial charge in [-0.25, -0.2) is 0 Å². The highest BCUT2D eigenvalue weighted by atomic mass is 19.4. The van der Waals surface area contributed by atoms with Gasteiger partial charge in [-0.15, -0.1) is 0 Å². The SMILES string of the molecule is COc1cccc2cc(C(=O)N3CC[C@H](c4noc(C(F)(F)F)n4)C3)oc12. The molecule has 0 unspecified atom stereocenters. The number of rotatable bonds is 3. The lowest BCUT2D eigenvalue weighted by molar-refractivity contribution is -0.159. The van der Waals surface area contributed by atoms with E-state index in [9.17, 15) is 18.0 Å². The summed E-state index contributed by atoms with van der Waals surface area (Å²) in [5.41, 5.74) is 0.465. The zero-order valence-corrected chi connectivity index (χ0v) is 14.1. The molecule has 0 radical (unpaired) electrons. The third-order valence-electron chi connectivity index (χ3n) is 4.46. The number of methoxy groups -OCH3 is 1. The molecule has 27 heavy (non-hydrogen) atoms. The molecule has 7 nitrogen and oxygen atoms in total. The Morgan fingerprint density at radius 1 is 1.37 bits per heavy atom. The molecule has 1 saturated heterocycles. The van der Waals surface area contributed by atoms with Gasteiger partial charge in [-0.05, 0) is 18.6 Å². The fraction of sp³-hybridized carbons (Fsp3) is 0.353. The molecule has 3 aromatic rings. The summed E-state index contributed by atoms with van der Waals surface area (Å²) in [7, 11) is 1.50. The first-order valence-electron chi connectivity index (χ1n) is 8.13. The van der Waals surface area contributed by atoms with Crippen molar-refractivity contribution < 1.29 is 31.6 Å². The van der Waals surface area contributed by atoms with Crippen molar-refractivity contribution in [2.24, 2.45) is 0 Å². The molecule has 1 aromatic carbocycles. The first-order chi connectivity index (χ1) is 12.9. The van der Waals surface area contributed by atoms with Crippen molar-refractivity contribution in [3.63, 3.8) is 0 Å². The molecule has 0 spiro atoms. The number of carbonyl (C=O) groups is 1. The molecule has 0 N–H and O–H groups in total. The van der Waals surface area contributed by atoms with Crippen LogP contribution in [-0.4, -0.2) is 41.1 Å². The highest BCUT2D eigenvalue weighted by Gasteiger charge is 2.40. The lowest BCUT2D eigenvalue weighted by Crippen LogP contribution is -2.28. The van der Waals surface area contributed by atoms with E-state index < -0.39 is 18.0 Å². The number of halogens is 3. The Bertz CT molecular complexity index is 995. The van der Waals surface area contributed by atoms with Crippen LogP contribution in [0, 0.1) is 0 Å². The van der Waals surface area contributed by atoms with Crippen LogP contribution in [-0.2, 0) is 6.18 Å². The molecule has 142 valence electrons. The number of hydrogen-bond acceptors (Lipinski definition) is 6. The smallest absolute Gasteiger partial charge is 0.471 e. The topological polar surface area (TPSA) is 81.6 Å². The summed E-state index contributed by atoms with van der Waals surface area (Å²) < 4.78 is 52.9. The van der Waals surface area contributed by atoms with E-state index in [2.05, 4.69) is 14.7 Å². The molecule has 10 heteroatoms.